The van der Waals surface area contributed by atoms with Crippen molar-refractivity contribution in [2.24, 2.45) is 0 Å². The minimum absolute atomic E-state index is 0.124. The van der Waals surface area contributed by atoms with E-state index < -0.39 is 23.2 Å². The average Bonchev–Trinajstić information content (AvgIpc) is 3.63. The lowest BCUT2D eigenvalue weighted by Gasteiger charge is -2.15. The van der Waals surface area contributed by atoms with Gasteiger partial charge in [-0.15, -0.1) is 5.10 Å². The van der Waals surface area contributed by atoms with Crippen molar-refractivity contribution in [1.29, 1.82) is 0 Å². The second-order valence-corrected chi connectivity index (χ2v) is 14.2. The number of benzene rings is 2. The Morgan fingerprint density at radius 1 is 0.857 bits per heavy atom. The van der Waals surface area contributed by atoms with E-state index in [9.17, 15) is 14.0 Å². The molecule has 2 heterocycles. The predicted octanol–water partition coefficient (Wildman–Crippen LogP) is 11.1. The van der Waals surface area contributed by atoms with Crippen molar-refractivity contribution in [3.63, 3.8) is 0 Å². The number of nitrogens with one attached hydrogen (secondary N) is 3. The van der Waals surface area contributed by atoms with E-state index in [0.29, 0.717) is 34.9 Å². The molecule has 0 unspecified atom stereocenters. The summed E-state index contributed by atoms with van der Waals surface area (Å²) in [6, 6.07) is 11.0. The van der Waals surface area contributed by atoms with Crippen LogP contribution in [0.3, 0.4) is 0 Å². The van der Waals surface area contributed by atoms with Crippen molar-refractivity contribution in [2.75, 3.05) is 17.2 Å². The Labute approximate surface area is 294 Å². The molecular formula is C38H52ClFN6O3. The van der Waals surface area contributed by atoms with Crippen LogP contribution >= 0.6 is 11.6 Å². The maximum Gasteiger partial charge on any atom is 0.338 e. The quantitative estimate of drug-likeness (QED) is 0.0667. The third-order valence-electron chi connectivity index (χ3n) is 8.57. The number of hydrogen-bond acceptors (Lipinski definition) is 5. The number of fused-ring (bicyclic) bond motifs is 1. The summed E-state index contributed by atoms with van der Waals surface area (Å²) < 4.78 is 21.7. The molecule has 9 nitrogen and oxygen atoms in total. The summed E-state index contributed by atoms with van der Waals surface area (Å²) in [6.45, 7) is 8.34. The molecule has 0 radical (unpaired) electrons. The molecule has 2 aromatic heterocycles. The maximum absolute atomic E-state index is 14.9. The fourth-order valence-corrected chi connectivity index (χ4v) is 5.86. The molecule has 49 heavy (non-hydrogen) atoms. The standard InChI is InChI=1S/C38H52ClFN6O3/c1-5-6-7-8-9-10-11-12-13-14-15-16-17-18-25-49-36(47)28-21-24-30(39)31(26-28)42-37(48)41-29-22-19-27(20-23-29)34-43-35-32(40)33(38(2,3)4)44-46(35)45-34/h19-24,26,44H,5-18,25H2,1-4H3,(H2,41,42,48). The molecule has 0 aliphatic heterocycles. The number of H-pyrrole nitrogens is 1. The van der Waals surface area contributed by atoms with E-state index >= 15 is 0 Å². The number of nitrogens with zero attached hydrogens (tertiary/aromatic N) is 3. The lowest BCUT2D eigenvalue weighted by Crippen LogP contribution is -2.20. The Kier molecular flexibility index (Phi) is 14.5. The summed E-state index contributed by atoms with van der Waals surface area (Å²) in [7, 11) is 0. The highest BCUT2D eigenvalue weighted by Crippen LogP contribution is 2.28. The summed E-state index contributed by atoms with van der Waals surface area (Å²) in [5, 5.41) is 13.1. The fraction of sp³-hybridized carbons (Fsp3) is 0.526. The van der Waals surface area contributed by atoms with E-state index in [2.05, 4.69) is 32.7 Å². The number of carbonyl (C=O) groups excluding carboxylic acids is 2. The number of ether oxygens (including phenoxy) is 1. The van der Waals surface area contributed by atoms with Crippen molar-refractivity contribution < 1.29 is 18.7 Å². The van der Waals surface area contributed by atoms with E-state index in [1.165, 1.54) is 81.3 Å². The van der Waals surface area contributed by atoms with Crippen LogP contribution in [0.5, 0.6) is 0 Å². The van der Waals surface area contributed by atoms with Crippen LogP contribution in [0.1, 0.15) is 134 Å². The predicted molar refractivity (Wildman–Crippen MR) is 196 cm³/mol. The van der Waals surface area contributed by atoms with Crippen LogP contribution in [-0.4, -0.2) is 38.4 Å². The summed E-state index contributed by atoms with van der Waals surface area (Å²) in [5.41, 5.74) is 1.90. The average molecular weight is 695 g/mol. The molecule has 266 valence electrons. The number of amides is 2. The SMILES string of the molecule is CCCCCCCCCCCCCCCCOC(=O)c1ccc(Cl)c(NC(=O)Nc2ccc(-c3nc4c(F)c(C(C)(C)C)[nH]n4n3)cc2)c1. The topological polar surface area (TPSA) is 113 Å². The first-order valence-electron chi connectivity index (χ1n) is 17.9. The van der Waals surface area contributed by atoms with Crippen molar-refractivity contribution in [3.8, 4) is 11.4 Å². The summed E-state index contributed by atoms with van der Waals surface area (Å²) in [5.74, 6) is -0.534. The zero-order valence-corrected chi connectivity index (χ0v) is 30.2. The van der Waals surface area contributed by atoms with Crippen LogP contribution in [0.2, 0.25) is 5.02 Å². The third kappa shape index (κ3) is 11.6. The molecular weight excluding hydrogens is 643 g/mol. The van der Waals surface area contributed by atoms with Gasteiger partial charge in [0.05, 0.1) is 28.6 Å². The molecule has 0 aliphatic rings. The van der Waals surface area contributed by atoms with Gasteiger partial charge in [-0.05, 0) is 48.9 Å². The molecule has 0 saturated carbocycles. The first-order valence-corrected chi connectivity index (χ1v) is 18.2. The first-order chi connectivity index (χ1) is 23.6. The van der Waals surface area contributed by atoms with Gasteiger partial charge in [-0.1, -0.05) is 123 Å². The van der Waals surface area contributed by atoms with Gasteiger partial charge in [0.15, 0.2) is 11.6 Å². The number of hydrogen-bond donors (Lipinski definition) is 3. The number of urea groups is 1. The van der Waals surface area contributed by atoms with Gasteiger partial charge < -0.3 is 15.4 Å². The van der Waals surface area contributed by atoms with Gasteiger partial charge in [0.2, 0.25) is 5.65 Å². The Balaban J connectivity index is 1.15. The van der Waals surface area contributed by atoms with Crippen LogP contribution in [0.25, 0.3) is 17.0 Å². The fourth-order valence-electron chi connectivity index (χ4n) is 5.70. The number of aromatic amines is 1. The molecule has 0 spiro atoms. The Hall–Kier alpha value is -3.92. The Bertz CT molecular complexity index is 1640. The van der Waals surface area contributed by atoms with Crippen molar-refractivity contribution >= 4 is 40.6 Å². The number of aromatic nitrogens is 4. The van der Waals surface area contributed by atoms with Gasteiger partial charge in [0, 0.05) is 16.7 Å². The highest BCUT2D eigenvalue weighted by molar-refractivity contribution is 6.34. The molecule has 11 heteroatoms. The number of carbonyl (C=O) groups is 2. The van der Waals surface area contributed by atoms with E-state index in [0.717, 1.165) is 19.3 Å². The van der Waals surface area contributed by atoms with Gasteiger partial charge in [0.1, 0.15) is 0 Å². The minimum Gasteiger partial charge on any atom is -0.462 e. The van der Waals surface area contributed by atoms with Crippen molar-refractivity contribution in [3.05, 3.63) is 64.6 Å². The van der Waals surface area contributed by atoms with Crippen LogP contribution in [0.4, 0.5) is 20.6 Å². The summed E-state index contributed by atoms with van der Waals surface area (Å²) in [6.07, 6.45) is 17.7. The number of esters is 1. The van der Waals surface area contributed by atoms with Gasteiger partial charge >= 0.3 is 12.0 Å². The summed E-state index contributed by atoms with van der Waals surface area (Å²) in [4.78, 5) is 29.8. The van der Waals surface area contributed by atoms with Gasteiger partial charge in [-0.3, -0.25) is 5.10 Å². The Morgan fingerprint density at radius 3 is 2.02 bits per heavy atom. The zero-order valence-electron chi connectivity index (χ0n) is 29.5. The van der Waals surface area contributed by atoms with Crippen molar-refractivity contribution in [2.45, 2.75) is 123 Å². The molecule has 0 fully saturated rings. The molecule has 0 atom stereocenters. The smallest absolute Gasteiger partial charge is 0.338 e. The van der Waals surface area contributed by atoms with E-state index in [4.69, 9.17) is 16.3 Å². The van der Waals surface area contributed by atoms with Crippen molar-refractivity contribution in [1.82, 2.24) is 19.8 Å². The zero-order chi connectivity index (χ0) is 35.2. The highest BCUT2D eigenvalue weighted by Gasteiger charge is 2.25. The monoisotopic (exact) mass is 694 g/mol. The highest BCUT2D eigenvalue weighted by atomic mass is 35.5. The molecule has 0 aliphatic carbocycles. The lowest BCUT2D eigenvalue weighted by atomic mass is 9.92. The van der Waals surface area contributed by atoms with Crippen LogP contribution in [-0.2, 0) is 10.2 Å². The van der Waals surface area contributed by atoms with Crippen LogP contribution < -0.4 is 10.6 Å². The number of anilines is 2. The first kappa shape index (κ1) is 37.9. The molecule has 2 aromatic carbocycles. The Morgan fingerprint density at radius 2 is 1.45 bits per heavy atom. The second-order valence-electron chi connectivity index (χ2n) is 13.8. The van der Waals surface area contributed by atoms with E-state index in [1.807, 2.05) is 20.8 Å². The largest absolute Gasteiger partial charge is 0.462 e. The number of unbranched alkanes of at least 4 members (excludes halogenated alkanes) is 13. The second kappa shape index (κ2) is 18.7. The molecule has 4 aromatic rings. The van der Waals surface area contributed by atoms with Gasteiger partial charge in [-0.2, -0.15) is 4.63 Å². The molecule has 3 N–H and O–H groups in total. The number of halogens is 2. The van der Waals surface area contributed by atoms with E-state index in [1.54, 1.807) is 36.4 Å². The molecule has 0 saturated heterocycles. The lowest BCUT2D eigenvalue weighted by molar-refractivity contribution is 0.0497. The maximum atomic E-state index is 14.9. The third-order valence-corrected chi connectivity index (χ3v) is 8.90. The molecule has 0 bridgehead atoms. The van der Waals surface area contributed by atoms with Crippen LogP contribution in [0, 0.1) is 5.82 Å². The molecule has 4 rings (SSSR count). The van der Waals surface area contributed by atoms with Gasteiger partial charge in [-0.25, -0.2) is 19.0 Å². The normalized spacial score (nSPS) is 11.6. The van der Waals surface area contributed by atoms with Gasteiger partial charge in [0.25, 0.3) is 0 Å². The molecule has 2 amide bonds. The minimum atomic E-state index is -0.534. The number of rotatable bonds is 19. The van der Waals surface area contributed by atoms with E-state index in [-0.39, 0.29) is 16.4 Å². The van der Waals surface area contributed by atoms with Crippen LogP contribution in [0.15, 0.2) is 42.5 Å². The summed E-state index contributed by atoms with van der Waals surface area (Å²) >= 11 is 6.31.